The molecule has 1 N–H and O–H groups in total. The molecule has 3 rings (SSSR count). The number of nitrogens with zero attached hydrogens (tertiary/aromatic N) is 4. The highest BCUT2D eigenvalue weighted by Gasteiger charge is 2.35. The summed E-state index contributed by atoms with van der Waals surface area (Å²) < 4.78 is 1.99. The van der Waals surface area contributed by atoms with Crippen molar-refractivity contribution in [1.82, 2.24) is 20.0 Å². The summed E-state index contributed by atoms with van der Waals surface area (Å²) >= 11 is 0. The monoisotopic (exact) mass is 291 g/mol. The summed E-state index contributed by atoms with van der Waals surface area (Å²) in [7, 11) is 6.22. The first-order valence-corrected chi connectivity index (χ1v) is 8.25. The molecule has 1 aromatic heterocycles. The van der Waals surface area contributed by atoms with Gasteiger partial charge in [0.05, 0.1) is 5.69 Å². The van der Waals surface area contributed by atoms with Gasteiger partial charge in [-0.1, -0.05) is 6.42 Å². The SMILES string of the molecule is Cc1nn(C)c(N(C)C)c1CN[C@H]1CCN2CCCC[C@@H]12. The van der Waals surface area contributed by atoms with Crippen LogP contribution in [-0.4, -0.2) is 53.9 Å². The second-order valence-electron chi connectivity index (χ2n) is 6.78. The van der Waals surface area contributed by atoms with Crippen LogP contribution >= 0.6 is 0 Å². The third kappa shape index (κ3) is 2.81. The molecule has 2 aliphatic rings. The normalized spacial score (nSPS) is 26.1. The lowest BCUT2D eigenvalue weighted by molar-refractivity contribution is 0.180. The number of rotatable bonds is 4. The summed E-state index contributed by atoms with van der Waals surface area (Å²) in [5.41, 5.74) is 2.49. The molecule has 5 heteroatoms. The lowest BCUT2D eigenvalue weighted by Gasteiger charge is -2.32. The van der Waals surface area contributed by atoms with E-state index in [4.69, 9.17) is 0 Å². The van der Waals surface area contributed by atoms with Crippen molar-refractivity contribution in [3.63, 3.8) is 0 Å². The van der Waals surface area contributed by atoms with E-state index in [1.54, 1.807) is 0 Å². The number of aromatic nitrogens is 2. The Balaban J connectivity index is 1.68. The molecule has 0 saturated carbocycles. The number of anilines is 1. The Bertz CT molecular complexity index is 493. The van der Waals surface area contributed by atoms with E-state index in [1.807, 2.05) is 11.7 Å². The molecule has 0 unspecified atom stereocenters. The fourth-order valence-corrected chi connectivity index (χ4v) is 4.17. The first-order chi connectivity index (χ1) is 10.1. The van der Waals surface area contributed by atoms with Crippen LogP contribution in [0.15, 0.2) is 0 Å². The number of aryl methyl sites for hydroxylation is 2. The standard InChI is InChI=1S/C16H29N5/c1-12-13(16(19(2)3)20(4)18-12)11-17-14-8-10-21-9-6-5-7-15(14)21/h14-15,17H,5-11H2,1-4H3/t14-,15-/m0/s1. The van der Waals surface area contributed by atoms with Gasteiger partial charge in [0.2, 0.25) is 0 Å². The molecule has 5 nitrogen and oxygen atoms in total. The fraction of sp³-hybridized carbons (Fsp3) is 0.812. The zero-order valence-electron chi connectivity index (χ0n) is 13.9. The van der Waals surface area contributed by atoms with Gasteiger partial charge >= 0.3 is 0 Å². The molecule has 2 atom stereocenters. The van der Waals surface area contributed by atoms with Crippen LogP contribution < -0.4 is 10.2 Å². The Labute approximate surface area is 128 Å². The predicted molar refractivity (Wildman–Crippen MR) is 86.7 cm³/mol. The van der Waals surface area contributed by atoms with Gasteiger partial charge in [-0.2, -0.15) is 5.10 Å². The first kappa shape index (κ1) is 14.9. The summed E-state index contributed by atoms with van der Waals surface area (Å²) in [5.74, 6) is 1.22. The Morgan fingerprint density at radius 1 is 1.24 bits per heavy atom. The lowest BCUT2D eigenvalue weighted by atomic mass is 9.99. The van der Waals surface area contributed by atoms with E-state index in [0.717, 1.165) is 18.3 Å². The predicted octanol–water partition coefficient (Wildman–Crippen LogP) is 1.51. The van der Waals surface area contributed by atoms with Crippen molar-refractivity contribution in [2.45, 2.75) is 51.2 Å². The molecule has 118 valence electrons. The molecule has 0 aromatic carbocycles. The number of piperidine rings is 1. The molecule has 0 radical (unpaired) electrons. The van der Waals surface area contributed by atoms with E-state index >= 15 is 0 Å². The molecule has 2 saturated heterocycles. The molecule has 2 fully saturated rings. The molecular formula is C16H29N5. The highest BCUT2D eigenvalue weighted by Crippen LogP contribution is 2.28. The van der Waals surface area contributed by atoms with Gasteiger partial charge in [-0.05, 0) is 32.7 Å². The molecule has 0 spiro atoms. The van der Waals surface area contributed by atoms with Gasteiger partial charge < -0.3 is 10.2 Å². The van der Waals surface area contributed by atoms with Gasteiger partial charge in [-0.25, -0.2) is 0 Å². The van der Waals surface area contributed by atoms with E-state index in [9.17, 15) is 0 Å². The topological polar surface area (TPSA) is 36.3 Å². The molecule has 0 bridgehead atoms. The van der Waals surface area contributed by atoms with E-state index in [1.165, 1.54) is 50.2 Å². The van der Waals surface area contributed by atoms with Gasteiger partial charge in [0.15, 0.2) is 0 Å². The minimum atomic E-state index is 0.653. The zero-order chi connectivity index (χ0) is 15.0. The van der Waals surface area contributed by atoms with Crippen LogP contribution in [0.25, 0.3) is 0 Å². The van der Waals surface area contributed by atoms with Gasteiger partial charge in [-0.15, -0.1) is 0 Å². The number of hydrogen-bond acceptors (Lipinski definition) is 4. The van der Waals surface area contributed by atoms with Crippen LogP contribution in [0.3, 0.4) is 0 Å². The number of nitrogens with one attached hydrogen (secondary N) is 1. The maximum atomic E-state index is 4.58. The molecule has 1 aromatic rings. The quantitative estimate of drug-likeness (QED) is 0.912. The second kappa shape index (κ2) is 5.97. The van der Waals surface area contributed by atoms with Gasteiger partial charge in [0.1, 0.15) is 5.82 Å². The van der Waals surface area contributed by atoms with Crippen LogP contribution in [0.1, 0.15) is 36.9 Å². The average Bonchev–Trinajstić information content (AvgIpc) is 2.97. The van der Waals surface area contributed by atoms with E-state index in [0.29, 0.717) is 6.04 Å². The Morgan fingerprint density at radius 2 is 2.05 bits per heavy atom. The summed E-state index contributed by atoms with van der Waals surface area (Å²) in [6.45, 7) is 5.63. The second-order valence-corrected chi connectivity index (χ2v) is 6.78. The molecule has 3 heterocycles. The number of fused-ring (bicyclic) bond motifs is 1. The molecule has 21 heavy (non-hydrogen) atoms. The van der Waals surface area contributed by atoms with E-state index in [2.05, 4.69) is 41.2 Å². The largest absolute Gasteiger partial charge is 0.363 e. The Hall–Kier alpha value is -1.07. The van der Waals surface area contributed by atoms with Crippen molar-refractivity contribution in [1.29, 1.82) is 0 Å². The lowest BCUT2D eigenvalue weighted by Crippen LogP contribution is -2.44. The Morgan fingerprint density at radius 3 is 2.81 bits per heavy atom. The molecule has 0 amide bonds. The summed E-state index contributed by atoms with van der Waals surface area (Å²) in [6.07, 6.45) is 5.44. The van der Waals surface area contributed by atoms with Gasteiger partial charge in [0, 0.05) is 51.9 Å². The van der Waals surface area contributed by atoms with Crippen LogP contribution in [0.4, 0.5) is 5.82 Å². The molecule has 0 aliphatic carbocycles. The van der Waals surface area contributed by atoms with E-state index < -0.39 is 0 Å². The minimum Gasteiger partial charge on any atom is -0.363 e. The van der Waals surface area contributed by atoms with Crippen molar-refractivity contribution in [2.24, 2.45) is 7.05 Å². The van der Waals surface area contributed by atoms with E-state index in [-0.39, 0.29) is 0 Å². The molecule has 2 aliphatic heterocycles. The van der Waals surface area contributed by atoms with Crippen molar-refractivity contribution in [3.8, 4) is 0 Å². The summed E-state index contributed by atoms with van der Waals surface area (Å²) in [4.78, 5) is 4.85. The average molecular weight is 291 g/mol. The van der Waals surface area contributed by atoms with Crippen LogP contribution in [-0.2, 0) is 13.6 Å². The van der Waals surface area contributed by atoms with Gasteiger partial charge in [-0.3, -0.25) is 9.58 Å². The first-order valence-electron chi connectivity index (χ1n) is 8.25. The van der Waals surface area contributed by atoms with Crippen LogP contribution in [0, 0.1) is 6.92 Å². The zero-order valence-corrected chi connectivity index (χ0v) is 13.9. The Kier molecular flexibility index (Phi) is 4.22. The minimum absolute atomic E-state index is 0.653. The van der Waals surface area contributed by atoms with Crippen LogP contribution in [0.2, 0.25) is 0 Å². The molecular weight excluding hydrogens is 262 g/mol. The van der Waals surface area contributed by atoms with Crippen molar-refractivity contribution < 1.29 is 0 Å². The third-order valence-electron chi connectivity index (χ3n) is 5.13. The number of hydrogen-bond donors (Lipinski definition) is 1. The van der Waals surface area contributed by atoms with Gasteiger partial charge in [0.25, 0.3) is 0 Å². The summed E-state index contributed by atoms with van der Waals surface area (Å²) in [6, 6.07) is 1.42. The summed E-state index contributed by atoms with van der Waals surface area (Å²) in [5, 5.41) is 8.41. The maximum Gasteiger partial charge on any atom is 0.130 e. The maximum absolute atomic E-state index is 4.58. The highest BCUT2D eigenvalue weighted by atomic mass is 15.4. The fourth-order valence-electron chi connectivity index (χ4n) is 4.17. The van der Waals surface area contributed by atoms with Crippen LogP contribution in [0.5, 0.6) is 0 Å². The third-order valence-corrected chi connectivity index (χ3v) is 5.13. The van der Waals surface area contributed by atoms with Crippen molar-refractivity contribution >= 4 is 5.82 Å². The van der Waals surface area contributed by atoms with Crippen molar-refractivity contribution in [2.75, 3.05) is 32.1 Å². The smallest absolute Gasteiger partial charge is 0.130 e. The highest BCUT2D eigenvalue weighted by molar-refractivity contribution is 5.48. The van der Waals surface area contributed by atoms with Crippen molar-refractivity contribution in [3.05, 3.63) is 11.3 Å².